The number of hydrogen-bond donors (Lipinski definition) is 1. The number of amides is 1. The van der Waals surface area contributed by atoms with Gasteiger partial charge in [-0.25, -0.2) is 19.3 Å². The monoisotopic (exact) mass is 458 g/mol. The fourth-order valence-corrected chi connectivity index (χ4v) is 4.60. The summed E-state index contributed by atoms with van der Waals surface area (Å²) in [5.74, 6) is -0.0910. The van der Waals surface area contributed by atoms with E-state index in [-0.39, 0.29) is 35.4 Å². The molecule has 2 bridgehead atoms. The Hall–Kier alpha value is -3.63. The maximum absolute atomic E-state index is 13.4. The van der Waals surface area contributed by atoms with E-state index in [4.69, 9.17) is 0 Å². The van der Waals surface area contributed by atoms with E-state index in [0.717, 1.165) is 37.5 Å². The first-order valence-electron chi connectivity index (χ1n) is 10.3. The Labute approximate surface area is 185 Å². The Kier molecular flexibility index (Phi) is 5.18. The molecule has 3 aromatic rings. The van der Waals surface area contributed by atoms with Gasteiger partial charge in [-0.1, -0.05) is 0 Å². The number of nitrogens with zero attached hydrogens (tertiary/aromatic N) is 5. The minimum absolute atomic E-state index is 0.140. The van der Waals surface area contributed by atoms with E-state index in [1.165, 1.54) is 12.3 Å². The molecule has 1 saturated carbocycles. The van der Waals surface area contributed by atoms with Crippen LogP contribution in [0.1, 0.15) is 28.8 Å². The molecule has 0 unspecified atom stereocenters. The van der Waals surface area contributed by atoms with Gasteiger partial charge in [0.15, 0.2) is 11.6 Å². The number of aromatic nitrogens is 4. The lowest BCUT2D eigenvalue weighted by Crippen LogP contribution is -2.48. The Morgan fingerprint density at radius 2 is 1.82 bits per heavy atom. The predicted octanol–water partition coefficient (Wildman–Crippen LogP) is 3.81. The van der Waals surface area contributed by atoms with E-state index in [1.54, 1.807) is 17.0 Å². The van der Waals surface area contributed by atoms with Crippen LogP contribution in [0.4, 0.5) is 23.4 Å². The minimum atomic E-state index is -4.45. The van der Waals surface area contributed by atoms with Crippen LogP contribution in [0.15, 0.2) is 49.1 Å². The molecule has 1 N–H and O–H groups in total. The number of anilines is 1. The number of fused-ring (bicyclic) bond motifs is 2. The quantitative estimate of drug-likeness (QED) is 0.599. The first kappa shape index (κ1) is 21.2. The van der Waals surface area contributed by atoms with Gasteiger partial charge >= 0.3 is 6.18 Å². The summed E-state index contributed by atoms with van der Waals surface area (Å²) in [6.07, 6.45) is 1.46. The van der Waals surface area contributed by atoms with Gasteiger partial charge in [0, 0.05) is 25.0 Å². The van der Waals surface area contributed by atoms with E-state index in [9.17, 15) is 22.4 Å². The van der Waals surface area contributed by atoms with Crippen molar-refractivity contribution in [3.8, 4) is 11.5 Å². The van der Waals surface area contributed by atoms with Gasteiger partial charge in [-0.3, -0.25) is 9.78 Å². The number of carbonyl (C=O) groups is 1. The van der Waals surface area contributed by atoms with Crippen LogP contribution in [-0.2, 0) is 6.18 Å². The van der Waals surface area contributed by atoms with Gasteiger partial charge in [-0.05, 0) is 43.0 Å². The molecule has 0 spiro atoms. The van der Waals surface area contributed by atoms with Gasteiger partial charge < -0.3 is 10.2 Å². The molecule has 11 heteroatoms. The van der Waals surface area contributed by atoms with Crippen molar-refractivity contribution in [2.75, 3.05) is 11.9 Å². The molecule has 170 valence electrons. The summed E-state index contributed by atoms with van der Waals surface area (Å²) in [6, 6.07) is 5.26. The van der Waals surface area contributed by atoms with Gasteiger partial charge in [-0.15, -0.1) is 0 Å². The molecule has 4 heterocycles. The minimum Gasteiger partial charge on any atom is -0.365 e. The molecule has 1 saturated heterocycles. The molecule has 0 aromatic carbocycles. The van der Waals surface area contributed by atoms with Gasteiger partial charge in [-0.2, -0.15) is 13.2 Å². The highest BCUT2D eigenvalue weighted by Gasteiger charge is 2.47. The number of likely N-dealkylation sites (tertiary alicyclic amines) is 1. The van der Waals surface area contributed by atoms with Crippen LogP contribution in [0.5, 0.6) is 0 Å². The summed E-state index contributed by atoms with van der Waals surface area (Å²) in [7, 11) is 0. The van der Waals surface area contributed by atoms with Crippen molar-refractivity contribution in [2.45, 2.75) is 31.1 Å². The Morgan fingerprint density at radius 3 is 2.48 bits per heavy atom. The second-order valence-corrected chi connectivity index (χ2v) is 8.17. The molecule has 2 fully saturated rings. The van der Waals surface area contributed by atoms with Gasteiger partial charge in [0.05, 0.1) is 29.6 Å². The molecule has 5 rings (SSSR count). The smallest absolute Gasteiger partial charge is 0.365 e. The molecule has 1 aliphatic heterocycles. The molecule has 1 amide bonds. The lowest BCUT2D eigenvalue weighted by Gasteiger charge is -2.34. The zero-order chi connectivity index (χ0) is 23.2. The molecule has 33 heavy (non-hydrogen) atoms. The average Bonchev–Trinajstić information content (AvgIpc) is 3.40. The third kappa shape index (κ3) is 4.10. The number of nitrogens with one attached hydrogen (secondary N) is 1. The molecule has 1 aliphatic carbocycles. The third-order valence-corrected chi connectivity index (χ3v) is 6.04. The van der Waals surface area contributed by atoms with E-state index in [0.29, 0.717) is 17.9 Å². The summed E-state index contributed by atoms with van der Waals surface area (Å²) >= 11 is 0. The van der Waals surface area contributed by atoms with Crippen molar-refractivity contribution in [1.82, 2.24) is 24.8 Å². The number of hydrogen-bond acceptors (Lipinski definition) is 6. The summed E-state index contributed by atoms with van der Waals surface area (Å²) in [5.41, 5.74) is -0.243. The summed E-state index contributed by atoms with van der Waals surface area (Å²) in [5, 5.41) is 3.19. The van der Waals surface area contributed by atoms with Crippen LogP contribution in [0.2, 0.25) is 0 Å². The summed E-state index contributed by atoms with van der Waals surface area (Å²) < 4.78 is 51.6. The van der Waals surface area contributed by atoms with Crippen molar-refractivity contribution in [3.63, 3.8) is 0 Å². The Balaban J connectivity index is 1.35. The highest BCUT2D eigenvalue weighted by molar-refractivity contribution is 5.99. The van der Waals surface area contributed by atoms with E-state index < -0.39 is 17.6 Å². The predicted molar refractivity (Wildman–Crippen MR) is 109 cm³/mol. The SMILES string of the molecule is O=C(c1cccnc1-c1ncc(F)cn1)N1C[C@@H]2C[C@@H](Nc3ccc(C(F)(F)F)cn3)[C@@H]1C2. The number of carbonyl (C=O) groups excluding carboxylic acids is 1. The third-order valence-electron chi connectivity index (χ3n) is 6.04. The van der Waals surface area contributed by atoms with E-state index in [2.05, 4.69) is 25.3 Å². The highest BCUT2D eigenvalue weighted by atomic mass is 19.4. The molecule has 2 aliphatic rings. The van der Waals surface area contributed by atoms with Gasteiger partial charge in [0.2, 0.25) is 0 Å². The average molecular weight is 458 g/mol. The van der Waals surface area contributed by atoms with Crippen molar-refractivity contribution >= 4 is 11.7 Å². The first-order valence-corrected chi connectivity index (χ1v) is 10.3. The number of alkyl halides is 3. The van der Waals surface area contributed by atoms with Crippen LogP contribution in [0, 0.1) is 11.7 Å². The summed E-state index contributed by atoms with van der Waals surface area (Å²) in [4.78, 5) is 31.2. The molecule has 0 radical (unpaired) electrons. The molecule has 3 atom stereocenters. The number of piperidine rings is 1. The lowest BCUT2D eigenvalue weighted by atomic mass is 10.0. The van der Waals surface area contributed by atoms with Crippen LogP contribution in [0.3, 0.4) is 0 Å². The van der Waals surface area contributed by atoms with Crippen LogP contribution >= 0.6 is 0 Å². The largest absolute Gasteiger partial charge is 0.417 e. The Morgan fingerprint density at radius 1 is 1.03 bits per heavy atom. The second kappa shape index (κ2) is 8.05. The van der Waals surface area contributed by atoms with Crippen molar-refractivity contribution in [3.05, 3.63) is 66.0 Å². The highest BCUT2D eigenvalue weighted by Crippen LogP contribution is 2.40. The van der Waals surface area contributed by atoms with Gasteiger partial charge in [0.1, 0.15) is 11.5 Å². The fraction of sp³-hybridized carbons (Fsp3) is 0.318. The molecular formula is C22H18F4N6O. The zero-order valence-electron chi connectivity index (χ0n) is 17.1. The number of rotatable bonds is 4. The molecule has 3 aromatic heterocycles. The van der Waals surface area contributed by atoms with Crippen LogP contribution in [0.25, 0.3) is 11.5 Å². The maximum Gasteiger partial charge on any atom is 0.417 e. The maximum atomic E-state index is 13.4. The standard InChI is InChI=1S/C22H18F4N6O/c23-14-9-29-20(30-10-14)19-15(2-1-5-27-19)21(33)32-11-12-6-16(17(32)7-12)31-18-4-3-13(8-28-18)22(24,25)26/h1-5,8-10,12,16-17H,6-7,11H2,(H,28,31)/t12-,16-,17+/m1/s1. The number of pyridine rings is 2. The zero-order valence-corrected chi connectivity index (χ0v) is 17.1. The van der Waals surface area contributed by atoms with Crippen molar-refractivity contribution in [2.24, 2.45) is 5.92 Å². The van der Waals surface area contributed by atoms with Crippen molar-refractivity contribution < 1.29 is 22.4 Å². The number of halogens is 4. The first-order chi connectivity index (χ1) is 15.8. The van der Waals surface area contributed by atoms with Gasteiger partial charge in [0.25, 0.3) is 5.91 Å². The van der Waals surface area contributed by atoms with E-state index in [1.807, 2.05) is 0 Å². The summed E-state index contributed by atoms with van der Waals surface area (Å²) in [6.45, 7) is 0.570. The van der Waals surface area contributed by atoms with Crippen LogP contribution < -0.4 is 5.32 Å². The second-order valence-electron chi connectivity index (χ2n) is 8.17. The topological polar surface area (TPSA) is 83.9 Å². The fourth-order valence-electron chi connectivity index (χ4n) is 4.60. The Bertz CT molecular complexity index is 1170. The van der Waals surface area contributed by atoms with Crippen molar-refractivity contribution in [1.29, 1.82) is 0 Å². The molecule has 7 nitrogen and oxygen atoms in total. The van der Waals surface area contributed by atoms with Crippen LogP contribution in [-0.4, -0.2) is 49.4 Å². The normalized spacial score (nSPS) is 21.9. The van der Waals surface area contributed by atoms with E-state index >= 15 is 0 Å². The molecular weight excluding hydrogens is 440 g/mol. The lowest BCUT2D eigenvalue weighted by molar-refractivity contribution is -0.137.